The monoisotopic (exact) mass is 486 g/mol. The number of nitrogens with one attached hydrogen (secondary N) is 2. The largest absolute Gasteiger partial charge is 0.481 e. The van der Waals surface area contributed by atoms with Gasteiger partial charge < -0.3 is 26.0 Å². The molecule has 198 valence electrons. The van der Waals surface area contributed by atoms with E-state index in [0.717, 1.165) is 38.5 Å². The van der Waals surface area contributed by atoms with E-state index in [9.17, 15) is 29.4 Å². The second-order valence-electron chi connectivity index (χ2n) is 10.2. The minimum atomic E-state index is -1.42. The molecule has 1 unspecified atom stereocenters. The first kappa shape index (κ1) is 31.7. The number of hydrogen-bond acceptors (Lipinski definition) is 4. The molecule has 0 aromatic rings. The van der Waals surface area contributed by atoms with E-state index in [1.807, 2.05) is 13.8 Å². The van der Waals surface area contributed by atoms with Crippen LogP contribution in [0.4, 0.5) is 4.79 Å². The van der Waals surface area contributed by atoms with Gasteiger partial charge in [0.05, 0.1) is 0 Å². The summed E-state index contributed by atoms with van der Waals surface area (Å²) >= 11 is 0. The third kappa shape index (κ3) is 11.7. The molecule has 34 heavy (non-hydrogen) atoms. The van der Waals surface area contributed by atoms with Crippen LogP contribution in [0.3, 0.4) is 0 Å². The van der Waals surface area contributed by atoms with Gasteiger partial charge in [-0.3, -0.25) is 4.79 Å². The van der Waals surface area contributed by atoms with Gasteiger partial charge in [0.2, 0.25) is 0 Å². The zero-order valence-electron chi connectivity index (χ0n) is 21.6. The normalized spacial score (nSPS) is 15.1. The lowest BCUT2D eigenvalue weighted by Crippen LogP contribution is -2.53. The molecule has 5 N–H and O–H groups in total. The number of unbranched alkanes of at least 4 members (excludes halogenated alkanes) is 5. The van der Waals surface area contributed by atoms with Crippen LogP contribution in [-0.4, -0.2) is 51.3 Å². The predicted molar refractivity (Wildman–Crippen MR) is 131 cm³/mol. The minimum absolute atomic E-state index is 0.119. The van der Waals surface area contributed by atoms with E-state index in [1.54, 1.807) is 0 Å². The number of aliphatic carboxylic acids is 3. The van der Waals surface area contributed by atoms with Crippen LogP contribution in [0.15, 0.2) is 0 Å². The molecule has 9 heteroatoms. The zero-order chi connectivity index (χ0) is 26.4. The molecule has 0 aliphatic heterocycles. The highest BCUT2D eigenvalue weighted by Crippen LogP contribution is 2.49. The van der Waals surface area contributed by atoms with E-state index in [4.69, 9.17) is 5.11 Å². The highest BCUT2D eigenvalue weighted by molar-refractivity contribution is 5.86. The zero-order valence-corrected chi connectivity index (χ0v) is 21.6. The number of amides is 2. The molecule has 0 bridgehead atoms. The summed E-state index contributed by atoms with van der Waals surface area (Å²) in [5.74, 6) is -3.75. The lowest BCUT2D eigenvalue weighted by molar-refractivity contribution is -0.141. The highest BCUT2D eigenvalue weighted by Gasteiger charge is 2.43. The van der Waals surface area contributed by atoms with Gasteiger partial charge in [0.1, 0.15) is 12.1 Å². The van der Waals surface area contributed by atoms with Crippen LogP contribution in [0.25, 0.3) is 0 Å². The average Bonchev–Trinajstić information content (AvgIpc) is 2.73. The summed E-state index contributed by atoms with van der Waals surface area (Å²) in [6.07, 6.45) is 9.24. The van der Waals surface area contributed by atoms with Gasteiger partial charge in [-0.2, -0.15) is 0 Å². The topological polar surface area (TPSA) is 153 Å². The summed E-state index contributed by atoms with van der Waals surface area (Å²) in [5.41, 5.74) is -0.523. The van der Waals surface area contributed by atoms with Crippen LogP contribution in [0.2, 0.25) is 0 Å². The summed E-state index contributed by atoms with van der Waals surface area (Å²) in [7, 11) is 0. The highest BCUT2D eigenvalue weighted by atomic mass is 16.4. The van der Waals surface area contributed by atoms with Gasteiger partial charge >= 0.3 is 23.9 Å². The maximum Gasteiger partial charge on any atom is 0.326 e. The predicted octanol–water partition coefficient (Wildman–Crippen LogP) is 5.03. The number of carbonyl (C=O) groups excluding carboxylic acids is 1. The van der Waals surface area contributed by atoms with Gasteiger partial charge in [0.25, 0.3) is 0 Å². The second-order valence-corrected chi connectivity index (χ2v) is 10.2. The van der Waals surface area contributed by atoms with Gasteiger partial charge in [-0.15, -0.1) is 0 Å². The molecule has 0 aromatic carbocycles. The molecule has 0 aliphatic rings. The molecular formula is C25H46N2O7. The molecule has 0 saturated carbocycles. The molecule has 9 nitrogen and oxygen atoms in total. The molecule has 0 radical (unpaired) electrons. The fourth-order valence-corrected chi connectivity index (χ4v) is 4.33. The Labute approximate surface area is 204 Å². The van der Waals surface area contributed by atoms with Crippen molar-refractivity contribution in [2.24, 2.45) is 10.8 Å². The molecule has 3 atom stereocenters. The summed E-state index contributed by atoms with van der Waals surface area (Å²) in [6, 6.07) is -3.56. The van der Waals surface area contributed by atoms with E-state index in [2.05, 4.69) is 31.4 Å². The van der Waals surface area contributed by atoms with Crippen molar-refractivity contribution >= 4 is 23.9 Å². The molecule has 0 heterocycles. The van der Waals surface area contributed by atoms with Crippen LogP contribution >= 0.6 is 0 Å². The van der Waals surface area contributed by atoms with E-state index in [-0.39, 0.29) is 18.3 Å². The van der Waals surface area contributed by atoms with Crippen molar-refractivity contribution in [3.05, 3.63) is 0 Å². The second kappa shape index (κ2) is 15.6. The van der Waals surface area contributed by atoms with Crippen molar-refractivity contribution in [3.8, 4) is 0 Å². The standard InChI is InChI=1S/C25H46N2O7/c1-6-8-10-11-12-16-25(5,15-9-7-2)24(3,4)17-19(22(32)33)27-23(34)26-18(21(30)31)13-14-20(28)29/h18-19H,6-17H2,1-5H3,(H,28,29)(H,30,31)(H,32,33)(H2,26,27,34)/t18-,19-,25?/m0/s1. The van der Waals surface area contributed by atoms with E-state index in [1.165, 1.54) is 19.3 Å². The lowest BCUT2D eigenvalue weighted by Gasteiger charge is -2.46. The fraction of sp³-hybridized carbons (Fsp3) is 0.840. The molecule has 0 rings (SSSR count). The minimum Gasteiger partial charge on any atom is -0.481 e. The van der Waals surface area contributed by atoms with E-state index >= 15 is 0 Å². The van der Waals surface area contributed by atoms with Gasteiger partial charge in [-0.25, -0.2) is 14.4 Å². The molecular weight excluding hydrogens is 440 g/mol. The maximum absolute atomic E-state index is 12.4. The Bertz CT molecular complexity index is 666. The number of carboxylic acids is 3. The SMILES string of the molecule is CCCCCCCC(C)(CCCC)C(C)(C)C[C@H](NC(=O)N[C@@H](CCC(=O)O)C(=O)O)C(=O)O. The molecule has 0 saturated heterocycles. The third-order valence-electron chi connectivity index (χ3n) is 7.12. The van der Waals surface area contributed by atoms with E-state index in [0.29, 0.717) is 0 Å². The van der Waals surface area contributed by atoms with E-state index < -0.39 is 47.9 Å². The Morgan fingerprint density at radius 2 is 1.24 bits per heavy atom. The first-order chi connectivity index (χ1) is 15.8. The Morgan fingerprint density at radius 1 is 0.735 bits per heavy atom. The molecule has 0 fully saturated rings. The maximum atomic E-state index is 12.4. The smallest absolute Gasteiger partial charge is 0.326 e. The van der Waals surface area contributed by atoms with Crippen LogP contribution in [-0.2, 0) is 14.4 Å². The van der Waals surface area contributed by atoms with Crippen molar-refractivity contribution < 1.29 is 34.5 Å². The van der Waals surface area contributed by atoms with Crippen molar-refractivity contribution in [2.75, 3.05) is 0 Å². The third-order valence-corrected chi connectivity index (χ3v) is 7.12. The lowest BCUT2D eigenvalue weighted by atomic mass is 9.59. The fourth-order valence-electron chi connectivity index (χ4n) is 4.33. The average molecular weight is 487 g/mol. The summed E-state index contributed by atoms with van der Waals surface area (Å²) < 4.78 is 0. The summed E-state index contributed by atoms with van der Waals surface area (Å²) in [6.45, 7) is 10.6. The number of carboxylic acid groups (broad SMARTS) is 3. The van der Waals surface area contributed by atoms with Crippen molar-refractivity contribution in [2.45, 2.75) is 124 Å². The van der Waals surface area contributed by atoms with Crippen LogP contribution in [0.1, 0.15) is 112 Å². The Morgan fingerprint density at radius 3 is 1.74 bits per heavy atom. The Kier molecular flexibility index (Phi) is 14.5. The number of carbonyl (C=O) groups is 4. The van der Waals surface area contributed by atoms with Crippen molar-refractivity contribution in [1.29, 1.82) is 0 Å². The molecule has 0 aromatic heterocycles. The Hall–Kier alpha value is -2.32. The quantitative estimate of drug-likeness (QED) is 0.160. The first-order valence-electron chi connectivity index (χ1n) is 12.5. The summed E-state index contributed by atoms with van der Waals surface area (Å²) in [5, 5.41) is 32.4. The van der Waals surface area contributed by atoms with Crippen LogP contribution in [0.5, 0.6) is 0 Å². The molecule has 0 spiro atoms. The van der Waals surface area contributed by atoms with Crippen LogP contribution < -0.4 is 10.6 Å². The number of hydrogen-bond donors (Lipinski definition) is 5. The molecule has 2 amide bonds. The molecule has 0 aliphatic carbocycles. The van der Waals surface area contributed by atoms with Gasteiger partial charge in [0, 0.05) is 6.42 Å². The van der Waals surface area contributed by atoms with Gasteiger partial charge in [-0.1, -0.05) is 79.6 Å². The number of rotatable bonds is 19. The van der Waals surface area contributed by atoms with Crippen molar-refractivity contribution in [3.63, 3.8) is 0 Å². The van der Waals surface area contributed by atoms with Gasteiger partial charge in [-0.05, 0) is 36.5 Å². The van der Waals surface area contributed by atoms with Gasteiger partial charge in [0.15, 0.2) is 0 Å². The van der Waals surface area contributed by atoms with Crippen molar-refractivity contribution in [1.82, 2.24) is 10.6 Å². The summed E-state index contributed by atoms with van der Waals surface area (Å²) in [4.78, 5) is 46.5. The first-order valence-corrected chi connectivity index (χ1v) is 12.5. The van der Waals surface area contributed by atoms with Crippen LogP contribution in [0, 0.1) is 10.8 Å². The Balaban J connectivity index is 5.35. The number of urea groups is 1.